The van der Waals surface area contributed by atoms with Gasteiger partial charge in [0.05, 0.1) is 48.3 Å². The minimum absolute atomic E-state index is 0. The van der Waals surface area contributed by atoms with Crippen molar-refractivity contribution in [1.82, 2.24) is 10.3 Å². The second-order valence-electron chi connectivity index (χ2n) is 14.9. The fourth-order valence-electron chi connectivity index (χ4n) is 6.95. The monoisotopic (exact) mass is 1240 g/mol. The molecule has 22 heteroatoms. The zero-order valence-corrected chi connectivity index (χ0v) is 47.1. The number of aryl methyl sites for hydroxylation is 2. The Morgan fingerprint density at radius 1 is 0.700 bits per heavy atom. The number of hydrogen-bond donors (Lipinski definition) is 1. The Hall–Kier alpha value is -3.77. The Bertz CT molecular complexity index is 2640. The average molecular weight is 1240 g/mol. The summed E-state index contributed by atoms with van der Waals surface area (Å²) in [5.74, 6) is 0.225. The van der Waals surface area contributed by atoms with E-state index >= 15 is 0 Å². The van der Waals surface area contributed by atoms with Gasteiger partial charge in [-0.25, -0.2) is 9.59 Å². The van der Waals surface area contributed by atoms with Crippen molar-refractivity contribution in [2.45, 2.75) is 78.6 Å². The molecule has 70 heavy (non-hydrogen) atoms. The summed E-state index contributed by atoms with van der Waals surface area (Å²) in [6, 6.07) is 16.4. The van der Waals surface area contributed by atoms with Crippen LogP contribution in [0.5, 0.6) is 11.5 Å². The number of benzene rings is 4. The van der Waals surface area contributed by atoms with Crippen molar-refractivity contribution in [3.63, 3.8) is 0 Å². The van der Waals surface area contributed by atoms with Gasteiger partial charge in [-0.3, -0.25) is 0 Å². The summed E-state index contributed by atoms with van der Waals surface area (Å²) in [6.07, 6.45) is -5.38. The van der Waals surface area contributed by atoms with E-state index in [9.17, 15) is 35.9 Å². The minimum Gasteiger partial charge on any atom is -1.00 e. The van der Waals surface area contributed by atoms with E-state index in [0.717, 1.165) is 24.2 Å². The first-order valence-electron chi connectivity index (χ1n) is 21.9. The summed E-state index contributed by atoms with van der Waals surface area (Å²) in [7, 11) is 1.92. The van der Waals surface area contributed by atoms with Crippen LogP contribution in [0.3, 0.4) is 0 Å². The summed E-state index contributed by atoms with van der Waals surface area (Å²) < 4.78 is 112. The number of hydrogen-bond acceptors (Lipinski definition) is 12. The van der Waals surface area contributed by atoms with Crippen LogP contribution in [0.25, 0.3) is 21.9 Å². The maximum Gasteiger partial charge on any atom is 1.00 e. The van der Waals surface area contributed by atoms with Crippen LogP contribution in [-0.2, 0) is 34.7 Å². The molecule has 0 aliphatic heterocycles. The van der Waals surface area contributed by atoms with Gasteiger partial charge in [-0.1, -0.05) is 59.6 Å². The number of nitrogens with one attached hydrogen (secondary N) is 1. The summed E-state index contributed by atoms with van der Waals surface area (Å²) in [4.78, 5) is 27.8. The van der Waals surface area contributed by atoms with Crippen LogP contribution in [0.15, 0.2) is 78.7 Å². The Kier molecular flexibility index (Phi) is 25.1. The number of ether oxygens (including phenoxy) is 4. The van der Waals surface area contributed by atoms with Gasteiger partial charge in [0.1, 0.15) is 11.5 Å². The van der Waals surface area contributed by atoms with Crippen molar-refractivity contribution in [1.29, 1.82) is 0 Å². The topological polar surface area (TPSA) is 138 Å². The second-order valence-corrected chi connectivity index (χ2v) is 16.7. The fraction of sp³-hybridized carbons (Fsp3) is 0.417. The first-order valence-corrected chi connectivity index (χ1v) is 25.7. The van der Waals surface area contributed by atoms with Crippen molar-refractivity contribution >= 4 is 99.7 Å². The third kappa shape index (κ3) is 16.4. The van der Waals surface area contributed by atoms with Gasteiger partial charge >= 0.3 is 53.8 Å². The van der Waals surface area contributed by atoms with E-state index in [1.54, 1.807) is 50.2 Å². The molecule has 378 valence electrons. The largest absolute Gasteiger partial charge is 1.00 e. The van der Waals surface area contributed by atoms with Crippen molar-refractivity contribution in [3.8, 4) is 11.5 Å². The van der Waals surface area contributed by atoms with E-state index in [4.69, 9.17) is 28.0 Å². The number of halogens is 9. The van der Waals surface area contributed by atoms with Gasteiger partial charge in [-0.05, 0) is 137 Å². The molecule has 12 nitrogen and oxygen atoms in total. The van der Waals surface area contributed by atoms with E-state index in [1.165, 1.54) is 12.1 Å². The molecule has 0 fully saturated rings. The van der Waals surface area contributed by atoms with Gasteiger partial charge in [-0.15, -0.1) is 0 Å². The van der Waals surface area contributed by atoms with Crippen LogP contribution in [0.4, 0.5) is 37.7 Å². The van der Waals surface area contributed by atoms with E-state index in [0.29, 0.717) is 108 Å². The third-order valence-corrected chi connectivity index (χ3v) is 11.4. The van der Waals surface area contributed by atoms with Crippen LogP contribution in [0.1, 0.15) is 98.0 Å². The molecule has 0 saturated carbocycles. The molecule has 2 heterocycles. The molecule has 0 saturated heterocycles. The van der Waals surface area contributed by atoms with Crippen molar-refractivity contribution in [2.75, 3.05) is 61.7 Å². The Morgan fingerprint density at radius 2 is 1.16 bits per heavy atom. The number of rotatable bonds is 20. The molecule has 0 amide bonds. The Labute approximate surface area is 456 Å². The maximum atomic E-state index is 13.2. The second kappa shape index (κ2) is 29.1. The van der Waals surface area contributed by atoms with Crippen LogP contribution >= 0.6 is 54.5 Å². The molecule has 0 aliphatic carbocycles. The molecule has 2 aromatic heterocycles. The first-order chi connectivity index (χ1) is 32.9. The van der Waals surface area contributed by atoms with E-state index in [2.05, 4.69) is 70.1 Å². The Morgan fingerprint density at radius 3 is 1.59 bits per heavy atom. The molecule has 4 aromatic carbocycles. The number of fused-ring (bicyclic) bond motifs is 2. The van der Waals surface area contributed by atoms with Gasteiger partial charge in [0.2, 0.25) is 0 Å². The predicted octanol–water partition coefficient (Wildman–Crippen LogP) is 11.4. The van der Waals surface area contributed by atoms with Crippen molar-refractivity contribution in [2.24, 2.45) is 0 Å². The summed E-state index contributed by atoms with van der Waals surface area (Å²) in [5.41, 5.74) is 2.02. The zero-order chi connectivity index (χ0) is 50.9. The standard InChI is InChI=1S/C24H26BrF3N2O4.C23H24BrF3N2O4.CH3I.Na.H/c1-4-7-17-20(11-10-18-21(17)34-29-22(18)24(26,27)28)33-13-6-12-30(3)15-8-9-16(19(25)14-15)23(31)32-5-2;1-3-6-16-19(10-9-17-20(16)33-29-21(17)23(25,26)27)32-12-5-11-28-14-7-8-15(18(24)13-14)22(30)31-4-2;1-2;;/h8-11,14H,4-7,12-13H2,1-3H3;7-10,13,28H,3-6,11-12H2,1-2H3;1H3;;/q;;;+1;-1. The molecular weight excluding hydrogens is 1180 g/mol. The molecule has 0 aliphatic rings. The molecule has 6 aromatic rings. The number of anilines is 2. The quantitative estimate of drug-likeness (QED) is 0.0194. The maximum absolute atomic E-state index is 13.2. The third-order valence-electron chi connectivity index (χ3n) is 10.1. The fourth-order valence-corrected chi connectivity index (χ4v) is 8.02. The normalized spacial score (nSPS) is 11.2. The van der Waals surface area contributed by atoms with Gasteiger partial charge in [-0.2, -0.15) is 26.3 Å². The average Bonchev–Trinajstić information content (AvgIpc) is 3.96. The number of aromatic nitrogens is 2. The molecule has 0 radical (unpaired) electrons. The minimum atomic E-state index is -4.58. The van der Waals surface area contributed by atoms with E-state index in [-0.39, 0.29) is 58.9 Å². The molecular formula is C48H54Br2F6IN4NaO8. The van der Waals surface area contributed by atoms with Gasteiger partial charge in [0, 0.05) is 51.6 Å². The molecule has 0 atom stereocenters. The number of carbonyl (C=O) groups excluding carboxylic acids is 2. The predicted molar refractivity (Wildman–Crippen MR) is 269 cm³/mol. The first kappa shape index (κ1) is 60.5. The van der Waals surface area contributed by atoms with Crippen LogP contribution in [-0.4, -0.2) is 73.7 Å². The summed E-state index contributed by atoms with van der Waals surface area (Å²) in [6.45, 7) is 9.96. The summed E-state index contributed by atoms with van der Waals surface area (Å²) >= 11 is 8.95. The molecule has 0 spiro atoms. The zero-order valence-electron chi connectivity index (χ0n) is 40.8. The van der Waals surface area contributed by atoms with Crippen LogP contribution in [0, 0.1) is 0 Å². The Balaban J connectivity index is 0.000000458. The van der Waals surface area contributed by atoms with Crippen LogP contribution < -0.4 is 49.2 Å². The smallest absolute Gasteiger partial charge is 1.00 e. The number of alkyl halides is 7. The van der Waals surface area contributed by atoms with Gasteiger partial charge in [0.25, 0.3) is 0 Å². The molecule has 0 bridgehead atoms. The number of nitrogens with zero attached hydrogens (tertiary/aromatic N) is 3. The van der Waals surface area contributed by atoms with E-state index in [1.807, 2.05) is 42.9 Å². The molecule has 1 N–H and O–H groups in total. The summed E-state index contributed by atoms with van der Waals surface area (Å²) in [5, 5.41) is 9.60. The van der Waals surface area contributed by atoms with Crippen molar-refractivity contribution in [3.05, 3.63) is 103 Å². The van der Waals surface area contributed by atoms with E-state index < -0.39 is 29.7 Å². The van der Waals surface area contributed by atoms with Gasteiger partial charge < -0.3 is 39.6 Å². The molecule has 0 unspecified atom stereocenters. The molecule has 6 rings (SSSR count). The number of esters is 2. The van der Waals surface area contributed by atoms with Crippen molar-refractivity contribution < 1.29 is 94.9 Å². The SMILES string of the molecule is CCCc1c(OCCCN(C)c2ccc(C(=O)OCC)c(Br)c2)ccc2c(C(F)(F)F)noc12.CCCc1c(OCCCNc2ccc(C(=O)OCC)c(Br)c2)ccc2c(C(F)(F)F)noc12.CI.[H-].[Na+]. The number of carbonyl (C=O) groups is 2. The van der Waals surface area contributed by atoms with Gasteiger partial charge in [0.15, 0.2) is 22.6 Å². The van der Waals surface area contributed by atoms with Crippen LogP contribution in [0.2, 0.25) is 0 Å².